The van der Waals surface area contributed by atoms with Crippen molar-refractivity contribution < 1.29 is 0 Å². The lowest BCUT2D eigenvalue weighted by atomic mass is 10.1. The van der Waals surface area contributed by atoms with E-state index in [1.807, 2.05) is 6.07 Å². The predicted molar refractivity (Wildman–Crippen MR) is 77.0 cm³/mol. The molecule has 98 valence electrons. The van der Waals surface area contributed by atoms with Crippen LogP contribution in [-0.2, 0) is 6.42 Å². The van der Waals surface area contributed by atoms with Gasteiger partial charge in [0.25, 0.3) is 0 Å². The maximum Gasteiger partial charge on any atom is 0.0408 e. The van der Waals surface area contributed by atoms with Crippen LogP contribution in [0.2, 0.25) is 5.02 Å². The Kier molecular flexibility index (Phi) is 3.63. The topological polar surface area (TPSA) is 3.24 Å². The van der Waals surface area contributed by atoms with Crippen LogP contribution in [0.25, 0.3) is 0 Å². The molecule has 0 bridgehead atoms. The van der Waals surface area contributed by atoms with Crippen LogP contribution in [0.15, 0.2) is 24.3 Å². The summed E-state index contributed by atoms with van der Waals surface area (Å²) in [7, 11) is 0. The largest absolute Gasteiger partial charge is 0.303 e. The molecule has 1 saturated carbocycles. The highest BCUT2D eigenvalue weighted by atomic mass is 35.5. The zero-order valence-corrected chi connectivity index (χ0v) is 11.9. The van der Waals surface area contributed by atoms with Crippen molar-refractivity contribution in [3.05, 3.63) is 34.9 Å². The minimum absolute atomic E-state index is 0.873. The first kappa shape index (κ1) is 12.5. The van der Waals surface area contributed by atoms with Gasteiger partial charge in [-0.2, -0.15) is 0 Å². The Morgan fingerprint density at radius 2 is 2.06 bits per heavy atom. The van der Waals surface area contributed by atoms with Crippen molar-refractivity contribution in [3.63, 3.8) is 0 Å². The molecule has 0 aromatic heterocycles. The lowest BCUT2D eigenvalue weighted by molar-refractivity contribution is 0.282. The van der Waals surface area contributed by atoms with E-state index in [1.165, 1.54) is 44.5 Å². The molecule has 2 atom stereocenters. The number of rotatable bonds is 5. The van der Waals surface area contributed by atoms with E-state index in [2.05, 4.69) is 30.0 Å². The molecule has 1 aliphatic carbocycles. The van der Waals surface area contributed by atoms with Crippen LogP contribution in [0.3, 0.4) is 0 Å². The average molecular weight is 264 g/mol. The number of nitrogens with zero attached hydrogens (tertiary/aromatic N) is 1. The number of halogens is 1. The van der Waals surface area contributed by atoms with Crippen molar-refractivity contribution in [2.45, 2.75) is 26.2 Å². The van der Waals surface area contributed by atoms with Crippen LogP contribution in [0.4, 0.5) is 0 Å². The highest BCUT2D eigenvalue weighted by Crippen LogP contribution is 2.53. The molecule has 2 aliphatic rings. The van der Waals surface area contributed by atoms with E-state index >= 15 is 0 Å². The molecule has 1 aromatic carbocycles. The number of aryl methyl sites for hydroxylation is 1. The average Bonchev–Trinajstić information content (AvgIpc) is 2.80. The molecule has 0 spiro atoms. The van der Waals surface area contributed by atoms with Crippen molar-refractivity contribution in [2.24, 2.45) is 17.8 Å². The third-order valence-electron chi connectivity index (χ3n) is 4.64. The SMILES string of the molecule is CCCN1CC2C(CCc3cccc(Cl)c3)C2C1. The van der Waals surface area contributed by atoms with Gasteiger partial charge in [-0.3, -0.25) is 0 Å². The van der Waals surface area contributed by atoms with E-state index in [0.29, 0.717) is 0 Å². The van der Waals surface area contributed by atoms with Crippen molar-refractivity contribution >= 4 is 11.6 Å². The number of fused-ring (bicyclic) bond motifs is 1. The molecule has 0 radical (unpaired) electrons. The van der Waals surface area contributed by atoms with Gasteiger partial charge in [-0.1, -0.05) is 30.7 Å². The summed E-state index contributed by atoms with van der Waals surface area (Å²) in [6.45, 7) is 6.30. The van der Waals surface area contributed by atoms with Gasteiger partial charge in [-0.25, -0.2) is 0 Å². The normalized spacial score (nSPS) is 30.4. The van der Waals surface area contributed by atoms with Crippen molar-refractivity contribution in [3.8, 4) is 0 Å². The smallest absolute Gasteiger partial charge is 0.0408 e. The van der Waals surface area contributed by atoms with Crippen molar-refractivity contribution in [1.29, 1.82) is 0 Å². The minimum atomic E-state index is 0.873. The zero-order valence-electron chi connectivity index (χ0n) is 11.1. The van der Waals surface area contributed by atoms with E-state index in [4.69, 9.17) is 11.6 Å². The summed E-state index contributed by atoms with van der Waals surface area (Å²) < 4.78 is 0. The monoisotopic (exact) mass is 263 g/mol. The first-order valence-corrected chi connectivity index (χ1v) is 7.62. The second kappa shape index (κ2) is 5.22. The molecule has 0 amide bonds. The predicted octanol–water partition coefficient (Wildman–Crippen LogP) is 3.86. The second-order valence-corrected chi connectivity index (χ2v) is 6.36. The molecule has 1 aromatic rings. The molecule has 2 fully saturated rings. The summed E-state index contributed by atoms with van der Waals surface area (Å²) in [5, 5.41) is 0.873. The van der Waals surface area contributed by atoms with Gasteiger partial charge in [-0.05, 0) is 61.3 Å². The van der Waals surface area contributed by atoms with E-state index in [1.54, 1.807) is 0 Å². The number of piperidine rings is 1. The Balaban J connectivity index is 1.45. The van der Waals surface area contributed by atoms with E-state index in [-0.39, 0.29) is 0 Å². The quantitative estimate of drug-likeness (QED) is 0.780. The Hall–Kier alpha value is -0.530. The Morgan fingerprint density at radius 1 is 1.28 bits per heavy atom. The summed E-state index contributed by atoms with van der Waals surface area (Å²) in [5.41, 5.74) is 1.40. The van der Waals surface area contributed by atoms with Gasteiger partial charge in [0.05, 0.1) is 0 Å². The molecule has 0 N–H and O–H groups in total. The lowest BCUT2D eigenvalue weighted by Gasteiger charge is -2.18. The van der Waals surface area contributed by atoms with Gasteiger partial charge < -0.3 is 4.90 Å². The van der Waals surface area contributed by atoms with E-state index < -0.39 is 0 Å². The van der Waals surface area contributed by atoms with Crippen LogP contribution >= 0.6 is 11.6 Å². The minimum Gasteiger partial charge on any atom is -0.303 e. The number of likely N-dealkylation sites (tertiary alicyclic amines) is 1. The summed E-state index contributed by atoms with van der Waals surface area (Å²) in [6, 6.07) is 8.34. The van der Waals surface area contributed by atoms with Crippen molar-refractivity contribution in [1.82, 2.24) is 4.90 Å². The summed E-state index contributed by atoms with van der Waals surface area (Å²) in [5.74, 6) is 3.02. The third-order valence-corrected chi connectivity index (χ3v) is 4.88. The fourth-order valence-electron chi connectivity index (χ4n) is 3.69. The van der Waals surface area contributed by atoms with E-state index in [0.717, 1.165) is 22.8 Å². The number of benzene rings is 1. The highest BCUT2D eigenvalue weighted by molar-refractivity contribution is 6.30. The molecule has 2 heteroatoms. The summed E-state index contributed by atoms with van der Waals surface area (Å²) >= 11 is 6.02. The molecule has 1 nitrogen and oxygen atoms in total. The fraction of sp³-hybridized carbons (Fsp3) is 0.625. The number of hydrogen-bond acceptors (Lipinski definition) is 1. The maximum atomic E-state index is 6.02. The highest BCUT2D eigenvalue weighted by Gasteiger charge is 2.54. The molecule has 2 unspecified atom stereocenters. The molecule has 1 saturated heterocycles. The van der Waals surface area contributed by atoms with E-state index in [9.17, 15) is 0 Å². The van der Waals surface area contributed by atoms with Gasteiger partial charge in [-0.15, -0.1) is 0 Å². The zero-order chi connectivity index (χ0) is 12.5. The van der Waals surface area contributed by atoms with Gasteiger partial charge in [0, 0.05) is 18.1 Å². The van der Waals surface area contributed by atoms with Crippen LogP contribution < -0.4 is 0 Å². The van der Waals surface area contributed by atoms with Crippen LogP contribution in [-0.4, -0.2) is 24.5 Å². The van der Waals surface area contributed by atoms with Crippen LogP contribution in [0.5, 0.6) is 0 Å². The van der Waals surface area contributed by atoms with Gasteiger partial charge in [0.15, 0.2) is 0 Å². The second-order valence-electron chi connectivity index (χ2n) is 5.92. The molecule has 3 rings (SSSR count). The Morgan fingerprint density at radius 3 is 2.72 bits per heavy atom. The van der Waals surface area contributed by atoms with Gasteiger partial charge >= 0.3 is 0 Å². The first-order chi connectivity index (χ1) is 8.78. The Bertz CT molecular complexity index is 405. The number of hydrogen-bond donors (Lipinski definition) is 0. The summed E-state index contributed by atoms with van der Waals surface area (Å²) in [6.07, 6.45) is 3.86. The van der Waals surface area contributed by atoms with Crippen LogP contribution in [0, 0.1) is 17.8 Å². The third kappa shape index (κ3) is 2.57. The van der Waals surface area contributed by atoms with Gasteiger partial charge in [0.2, 0.25) is 0 Å². The first-order valence-electron chi connectivity index (χ1n) is 7.24. The lowest BCUT2D eigenvalue weighted by Crippen LogP contribution is -2.25. The molecular weight excluding hydrogens is 242 g/mol. The van der Waals surface area contributed by atoms with Gasteiger partial charge in [0.1, 0.15) is 0 Å². The fourth-order valence-corrected chi connectivity index (χ4v) is 3.90. The van der Waals surface area contributed by atoms with Crippen molar-refractivity contribution in [2.75, 3.05) is 19.6 Å². The molecule has 18 heavy (non-hydrogen) atoms. The maximum absolute atomic E-state index is 6.02. The summed E-state index contributed by atoms with van der Waals surface area (Å²) in [4.78, 5) is 2.64. The standard InChI is InChI=1S/C16H22ClN/c1-2-8-18-10-15-14(16(15)11-18)7-6-12-4-3-5-13(17)9-12/h3-5,9,14-16H,2,6-8,10-11H2,1H3. The molecular formula is C16H22ClN. The van der Waals surface area contributed by atoms with Crippen LogP contribution in [0.1, 0.15) is 25.3 Å². The molecule has 1 heterocycles. The molecule has 1 aliphatic heterocycles. The Labute approximate surface area is 115 Å².